The molecule has 0 atom stereocenters. The van der Waals surface area contributed by atoms with Crippen molar-refractivity contribution in [2.45, 2.75) is 11.8 Å². The maximum Gasteiger partial charge on any atom is 0.261 e. The van der Waals surface area contributed by atoms with Gasteiger partial charge in [-0.3, -0.25) is 9.52 Å². The highest BCUT2D eigenvalue weighted by molar-refractivity contribution is 7.92. The van der Waals surface area contributed by atoms with Gasteiger partial charge in [-0.1, -0.05) is 0 Å². The second-order valence-corrected chi connectivity index (χ2v) is 7.95. The molecule has 0 fully saturated rings. The van der Waals surface area contributed by atoms with Crippen LogP contribution in [0.4, 0.5) is 15.8 Å². The lowest BCUT2D eigenvalue weighted by molar-refractivity contribution is 0.102. The van der Waals surface area contributed by atoms with Gasteiger partial charge in [-0.15, -0.1) is 0 Å². The smallest absolute Gasteiger partial charge is 0.261 e. The molecule has 0 heterocycles. The van der Waals surface area contributed by atoms with E-state index in [2.05, 4.69) is 10.0 Å². The van der Waals surface area contributed by atoms with Gasteiger partial charge in [-0.05, 0) is 79.2 Å². The van der Waals surface area contributed by atoms with Gasteiger partial charge >= 0.3 is 0 Å². The van der Waals surface area contributed by atoms with Gasteiger partial charge in [-0.25, -0.2) is 12.8 Å². The topological polar surface area (TPSA) is 84.5 Å². The second-order valence-electron chi connectivity index (χ2n) is 6.27. The van der Waals surface area contributed by atoms with Crippen LogP contribution >= 0.6 is 0 Å². The monoisotopic (exact) mass is 414 g/mol. The van der Waals surface area contributed by atoms with Crippen LogP contribution in [0.1, 0.15) is 15.9 Å². The van der Waals surface area contributed by atoms with Crippen LogP contribution in [0.2, 0.25) is 0 Å². The Labute approximate surface area is 168 Å². The maximum absolute atomic E-state index is 13.0. The van der Waals surface area contributed by atoms with Crippen LogP contribution in [0, 0.1) is 12.7 Å². The minimum atomic E-state index is -3.79. The predicted molar refractivity (Wildman–Crippen MR) is 109 cm³/mol. The van der Waals surface area contributed by atoms with Crippen LogP contribution in [-0.4, -0.2) is 21.4 Å². The van der Waals surface area contributed by atoms with E-state index in [1.807, 2.05) is 0 Å². The first-order valence-electron chi connectivity index (χ1n) is 8.63. The molecule has 0 bridgehead atoms. The van der Waals surface area contributed by atoms with Crippen LogP contribution in [-0.2, 0) is 10.0 Å². The van der Waals surface area contributed by atoms with E-state index in [1.165, 1.54) is 55.6 Å². The number of hydrogen-bond acceptors (Lipinski definition) is 4. The van der Waals surface area contributed by atoms with Crippen LogP contribution < -0.4 is 14.8 Å². The highest BCUT2D eigenvalue weighted by Crippen LogP contribution is 2.23. The third-order valence-corrected chi connectivity index (χ3v) is 5.59. The summed E-state index contributed by atoms with van der Waals surface area (Å²) in [6, 6.07) is 16.0. The number of carbonyl (C=O) groups is 1. The minimum Gasteiger partial charge on any atom is -0.497 e. The summed E-state index contributed by atoms with van der Waals surface area (Å²) >= 11 is 0. The standard InChI is InChI=1S/C21H19FN2O4S/c1-14-13-15(21(25)23-17-6-4-16(22)5-7-17)3-12-20(14)24-29(26,27)19-10-8-18(28-2)9-11-19/h3-13,24H,1-2H3,(H,23,25). The van der Waals surface area contributed by atoms with E-state index < -0.39 is 15.8 Å². The number of carbonyl (C=O) groups excluding carboxylic acids is 1. The highest BCUT2D eigenvalue weighted by atomic mass is 32.2. The van der Waals surface area contributed by atoms with Gasteiger partial charge in [0.1, 0.15) is 11.6 Å². The Morgan fingerprint density at radius 2 is 1.62 bits per heavy atom. The lowest BCUT2D eigenvalue weighted by atomic mass is 10.1. The Balaban J connectivity index is 1.76. The van der Waals surface area contributed by atoms with Gasteiger partial charge < -0.3 is 10.1 Å². The molecular weight excluding hydrogens is 395 g/mol. The average Bonchev–Trinajstić information content (AvgIpc) is 2.71. The number of sulfonamides is 1. The van der Waals surface area contributed by atoms with Crippen molar-refractivity contribution >= 4 is 27.3 Å². The summed E-state index contributed by atoms with van der Waals surface area (Å²) in [7, 11) is -2.29. The zero-order valence-electron chi connectivity index (χ0n) is 15.8. The van der Waals surface area contributed by atoms with Crippen LogP contribution in [0.5, 0.6) is 5.75 Å². The summed E-state index contributed by atoms with van der Waals surface area (Å²) in [5.74, 6) is -0.228. The Morgan fingerprint density at radius 1 is 0.966 bits per heavy atom. The summed E-state index contributed by atoms with van der Waals surface area (Å²) in [5.41, 5.74) is 1.74. The van der Waals surface area contributed by atoms with Gasteiger partial charge in [0.05, 0.1) is 17.7 Å². The van der Waals surface area contributed by atoms with Gasteiger partial charge in [0.15, 0.2) is 0 Å². The Bertz CT molecular complexity index is 1130. The minimum absolute atomic E-state index is 0.0934. The van der Waals surface area contributed by atoms with Gasteiger partial charge in [0.25, 0.3) is 15.9 Å². The Morgan fingerprint density at radius 3 is 2.21 bits per heavy atom. The van der Waals surface area contributed by atoms with Crippen molar-refractivity contribution in [3.8, 4) is 5.75 Å². The molecular formula is C21H19FN2O4S. The number of amides is 1. The first kappa shape index (κ1) is 20.3. The largest absolute Gasteiger partial charge is 0.497 e. The molecule has 29 heavy (non-hydrogen) atoms. The molecule has 2 N–H and O–H groups in total. The van der Waals surface area contributed by atoms with Crippen molar-refractivity contribution in [3.05, 3.63) is 83.7 Å². The molecule has 0 saturated heterocycles. The highest BCUT2D eigenvalue weighted by Gasteiger charge is 2.16. The lowest BCUT2D eigenvalue weighted by Gasteiger charge is -2.12. The molecule has 0 aromatic heterocycles. The molecule has 3 aromatic rings. The van der Waals surface area contributed by atoms with E-state index in [0.717, 1.165) is 0 Å². The van der Waals surface area contributed by atoms with Crippen LogP contribution in [0.25, 0.3) is 0 Å². The molecule has 0 saturated carbocycles. The van der Waals surface area contributed by atoms with E-state index in [9.17, 15) is 17.6 Å². The molecule has 6 nitrogen and oxygen atoms in total. The summed E-state index contributed by atoms with van der Waals surface area (Å²) < 4.78 is 45.7. The maximum atomic E-state index is 13.0. The third-order valence-electron chi connectivity index (χ3n) is 4.20. The van der Waals surface area contributed by atoms with Crippen molar-refractivity contribution in [2.24, 2.45) is 0 Å². The summed E-state index contributed by atoms with van der Waals surface area (Å²) in [6.07, 6.45) is 0. The van der Waals surface area contributed by atoms with E-state index in [-0.39, 0.29) is 10.8 Å². The van der Waals surface area contributed by atoms with Gasteiger partial charge in [0, 0.05) is 11.3 Å². The van der Waals surface area contributed by atoms with E-state index in [0.29, 0.717) is 28.3 Å². The number of halogens is 1. The molecule has 0 aliphatic rings. The molecule has 0 spiro atoms. The average molecular weight is 414 g/mol. The van der Waals surface area contributed by atoms with Gasteiger partial charge in [0.2, 0.25) is 0 Å². The van der Waals surface area contributed by atoms with E-state index >= 15 is 0 Å². The molecule has 0 aliphatic heterocycles. The van der Waals surface area contributed by atoms with E-state index in [1.54, 1.807) is 25.1 Å². The van der Waals surface area contributed by atoms with E-state index in [4.69, 9.17) is 4.74 Å². The number of rotatable bonds is 6. The summed E-state index contributed by atoms with van der Waals surface area (Å²) in [5, 5.41) is 2.66. The number of ether oxygens (including phenoxy) is 1. The quantitative estimate of drug-likeness (QED) is 0.633. The first-order valence-corrected chi connectivity index (χ1v) is 10.1. The number of anilines is 2. The number of methoxy groups -OCH3 is 1. The Hall–Kier alpha value is -3.39. The summed E-state index contributed by atoms with van der Waals surface area (Å²) in [4.78, 5) is 12.5. The van der Waals surface area contributed by atoms with Crippen LogP contribution in [0.3, 0.4) is 0 Å². The Kier molecular flexibility index (Phi) is 5.84. The fourth-order valence-electron chi connectivity index (χ4n) is 2.61. The second kappa shape index (κ2) is 8.32. The molecule has 150 valence electrons. The lowest BCUT2D eigenvalue weighted by Crippen LogP contribution is -2.15. The zero-order valence-corrected chi connectivity index (χ0v) is 16.6. The molecule has 8 heteroatoms. The number of hydrogen-bond donors (Lipinski definition) is 2. The predicted octanol–water partition coefficient (Wildman–Crippen LogP) is 4.20. The number of aryl methyl sites for hydroxylation is 1. The fourth-order valence-corrected chi connectivity index (χ4v) is 3.75. The van der Waals surface area contributed by atoms with Crippen molar-refractivity contribution in [1.29, 1.82) is 0 Å². The summed E-state index contributed by atoms with van der Waals surface area (Å²) in [6.45, 7) is 1.69. The molecule has 0 aliphatic carbocycles. The molecule has 0 radical (unpaired) electrons. The molecule has 1 amide bonds. The molecule has 3 rings (SSSR count). The van der Waals surface area contributed by atoms with Crippen molar-refractivity contribution in [2.75, 3.05) is 17.1 Å². The van der Waals surface area contributed by atoms with Crippen molar-refractivity contribution < 1.29 is 22.3 Å². The molecule has 0 unspecified atom stereocenters. The zero-order chi connectivity index (χ0) is 21.0. The van der Waals surface area contributed by atoms with Crippen LogP contribution in [0.15, 0.2) is 71.6 Å². The molecule has 3 aromatic carbocycles. The SMILES string of the molecule is COc1ccc(S(=O)(=O)Nc2ccc(C(=O)Nc3ccc(F)cc3)cc2C)cc1. The number of nitrogens with one attached hydrogen (secondary N) is 2. The fraction of sp³-hybridized carbons (Fsp3) is 0.0952. The first-order chi connectivity index (χ1) is 13.8. The van der Waals surface area contributed by atoms with Crippen molar-refractivity contribution in [3.63, 3.8) is 0 Å². The van der Waals surface area contributed by atoms with Gasteiger partial charge in [-0.2, -0.15) is 0 Å². The normalized spacial score (nSPS) is 11.0. The third kappa shape index (κ3) is 4.91. The van der Waals surface area contributed by atoms with Crippen molar-refractivity contribution in [1.82, 2.24) is 0 Å². The number of benzene rings is 3.